The molecule has 1 aromatic rings. The Balaban J connectivity index is 1.79. The number of hydrogen-bond donors (Lipinski definition) is 1. The molecule has 4 heteroatoms. The third kappa shape index (κ3) is 2.53. The summed E-state index contributed by atoms with van der Waals surface area (Å²) in [6.45, 7) is 4.78. The molecule has 1 N–H and O–H groups in total. The summed E-state index contributed by atoms with van der Waals surface area (Å²) in [5.41, 5.74) is 3.06. The third-order valence-electron chi connectivity index (χ3n) is 2.56. The van der Waals surface area contributed by atoms with Gasteiger partial charge in [0.15, 0.2) is 0 Å². The van der Waals surface area contributed by atoms with E-state index >= 15 is 0 Å². The first-order valence-electron chi connectivity index (χ1n) is 5.06. The minimum absolute atomic E-state index is 0.533. The molecule has 2 heterocycles. The van der Waals surface area contributed by atoms with Gasteiger partial charge in [-0.15, -0.1) is 11.3 Å². The minimum atomic E-state index is 0.533. The average molecular weight is 212 g/mol. The van der Waals surface area contributed by atoms with E-state index in [1.807, 2.05) is 5.51 Å². The smallest absolute Gasteiger partial charge is 0.0798 e. The van der Waals surface area contributed by atoms with Crippen molar-refractivity contribution in [3.05, 3.63) is 16.1 Å². The first-order valence-corrected chi connectivity index (χ1v) is 5.94. The quantitative estimate of drug-likeness (QED) is 0.828. The van der Waals surface area contributed by atoms with Crippen molar-refractivity contribution >= 4 is 11.3 Å². The van der Waals surface area contributed by atoms with Gasteiger partial charge < -0.3 is 10.1 Å². The van der Waals surface area contributed by atoms with Gasteiger partial charge in [-0.25, -0.2) is 4.98 Å². The standard InChI is InChI=1S/C10H16N2OS/c1-8-10(14-7-12-8)5-11-9-3-2-4-13-6-9/h7,9,11H,2-6H2,1H3. The van der Waals surface area contributed by atoms with E-state index in [4.69, 9.17) is 4.74 Å². The molecule has 1 aliphatic rings. The second-order valence-electron chi connectivity index (χ2n) is 3.66. The van der Waals surface area contributed by atoms with Gasteiger partial charge in [-0.3, -0.25) is 0 Å². The van der Waals surface area contributed by atoms with Crippen LogP contribution in [0.4, 0.5) is 0 Å². The molecule has 1 atom stereocenters. The molecule has 1 saturated heterocycles. The maximum Gasteiger partial charge on any atom is 0.0798 e. The molecular weight excluding hydrogens is 196 g/mol. The Bertz CT molecular complexity index is 281. The van der Waals surface area contributed by atoms with Crippen LogP contribution in [0.3, 0.4) is 0 Å². The van der Waals surface area contributed by atoms with Crippen LogP contribution in [-0.4, -0.2) is 24.2 Å². The number of hydrogen-bond acceptors (Lipinski definition) is 4. The summed E-state index contributed by atoms with van der Waals surface area (Å²) in [5, 5.41) is 3.51. The Morgan fingerprint density at radius 3 is 3.29 bits per heavy atom. The van der Waals surface area contributed by atoms with E-state index in [1.54, 1.807) is 11.3 Å². The number of thiazole rings is 1. The highest BCUT2D eigenvalue weighted by Crippen LogP contribution is 2.13. The summed E-state index contributed by atoms with van der Waals surface area (Å²) in [5.74, 6) is 0. The van der Waals surface area contributed by atoms with Crippen LogP contribution in [0, 0.1) is 6.92 Å². The molecule has 0 spiro atoms. The molecule has 1 aliphatic heterocycles. The van der Waals surface area contributed by atoms with E-state index in [2.05, 4.69) is 17.2 Å². The minimum Gasteiger partial charge on any atom is -0.380 e. The molecule has 1 fully saturated rings. The summed E-state index contributed by atoms with van der Waals surface area (Å²) in [6.07, 6.45) is 2.41. The van der Waals surface area contributed by atoms with Crippen molar-refractivity contribution in [3.8, 4) is 0 Å². The topological polar surface area (TPSA) is 34.2 Å². The average Bonchev–Trinajstić information content (AvgIpc) is 2.63. The van der Waals surface area contributed by atoms with Gasteiger partial charge in [0.05, 0.1) is 17.8 Å². The number of ether oxygens (including phenoxy) is 1. The largest absolute Gasteiger partial charge is 0.380 e. The molecule has 3 nitrogen and oxygen atoms in total. The highest BCUT2D eigenvalue weighted by atomic mass is 32.1. The number of nitrogens with one attached hydrogen (secondary N) is 1. The number of aromatic nitrogens is 1. The maximum atomic E-state index is 5.41. The highest BCUT2D eigenvalue weighted by molar-refractivity contribution is 7.09. The molecule has 1 aromatic heterocycles. The Morgan fingerprint density at radius 2 is 2.64 bits per heavy atom. The summed E-state index contributed by atoms with van der Waals surface area (Å²) in [7, 11) is 0. The molecule has 2 rings (SSSR count). The second-order valence-corrected chi connectivity index (χ2v) is 4.60. The fourth-order valence-corrected chi connectivity index (χ4v) is 2.36. The predicted molar refractivity (Wildman–Crippen MR) is 57.5 cm³/mol. The predicted octanol–water partition coefficient (Wildman–Crippen LogP) is 1.72. The lowest BCUT2D eigenvalue weighted by Gasteiger charge is -2.22. The first-order chi connectivity index (χ1) is 6.86. The summed E-state index contributed by atoms with van der Waals surface area (Å²) in [6, 6.07) is 0.533. The van der Waals surface area contributed by atoms with Gasteiger partial charge in [0.25, 0.3) is 0 Å². The van der Waals surface area contributed by atoms with E-state index in [-0.39, 0.29) is 0 Å². The van der Waals surface area contributed by atoms with E-state index in [0.29, 0.717) is 6.04 Å². The normalized spacial score (nSPS) is 22.5. The van der Waals surface area contributed by atoms with Gasteiger partial charge in [-0.05, 0) is 19.8 Å². The van der Waals surface area contributed by atoms with Crippen LogP contribution in [0.5, 0.6) is 0 Å². The molecule has 0 radical (unpaired) electrons. The Morgan fingerprint density at radius 1 is 1.71 bits per heavy atom. The van der Waals surface area contributed by atoms with Gasteiger partial charge in [0.2, 0.25) is 0 Å². The van der Waals surface area contributed by atoms with E-state index < -0.39 is 0 Å². The molecule has 0 aromatic carbocycles. The monoisotopic (exact) mass is 212 g/mol. The molecule has 0 saturated carbocycles. The molecule has 0 bridgehead atoms. The summed E-state index contributed by atoms with van der Waals surface area (Å²) in [4.78, 5) is 5.57. The molecule has 78 valence electrons. The number of aryl methyl sites for hydroxylation is 1. The lowest BCUT2D eigenvalue weighted by atomic mass is 10.1. The van der Waals surface area contributed by atoms with Crippen molar-refractivity contribution < 1.29 is 4.74 Å². The first kappa shape index (κ1) is 10.1. The van der Waals surface area contributed by atoms with Crippen molar-refractivity contribution in [1.82, 2.24) is 10.3 Å². The van der Waals surface area contributed by atoms with E-state index in [9.17, 15) is 0 Å². The number of nitrogens with zero attached hydrogens (tertiary/aromatic N) is 1. The van der Waals surface area contributed by atoms with E-state index in [1.165, 1.54) is 17.7 Å². The van der Waals surface area contributed by atoms with E-state index in [0.717, 1.165) is 25.5 Å². The van der Waals surface area contributed by atoms with Gasteiger partial charge in [0, 0.05) is 24.1 Å². The fourth-order valence-electron chi connectivity index (χ4n) is 1.63. The molecule has 1 unspecified atom stereocenters. The van der Waals surface area contributed by atoms with Gasteiger partial charge in [-0.2, -0.15) is 0 Å². The zero-order valence-corrected chi connectivity index (χ0v) is 9.27. The molecule has 14 heavy (non-hydrogen) atoms. The zero-order valence-electron chi connectivity index (χ0n) is 8.45. The van der Waals surface area contributed by atoms with Crippen LogP contribution < -0.4 is 5.32 Å². The lowest BCUT2D eigenvalue weighted by molar-refractivity contribution is 0.0700. The number of rotatable bonds is 3. The van der Waals surface area contributed by atoms with Crippen LogP contribution in [0.1, 0.15) is 23.4 Å². The fraction of sp³-hybridized carbons (Fsp3) is 0.700. The van der Waals surface area contributed by atoms with Crippen molar-refractivity contribution in [2.75, 3.05) is 13.2 Å². The van der Waals surface area contributed by atoms with Crippen LogP contribution in [0.15, 0.2) is 5.51 Å². The molecule has 0 aliphatic carbocycles. The van der Waals surface area contributed by atoms with Gasteiger partial charge in [0.1, 0.15) is 0 Å². The van der Waals surface area contributed by atoms with Crippen molar-refractivity contribution in [2.24, 2.45) is 0 Å². The zero-order chi connectivity index (χ0) is 9.80. The molecule has 0 amide bonds. The summed E-state index contributed by atoms with van der Waals surface area (Å²) < 4.78 is 5.41. The highest BCUT2D eigenvalue weighted by Gasteiger charge is 2.13. The SMILES string of the molecule is Cc1ncsc1CNC1CCCOC1. The third-order valence-corrected chi connectivity index (χ3v) is 3.49. The Labute approximate surface area is 88.5 Å². The molecular formula is C10H16N2OS. The van der Waals surface area contributed by atoms with Crippen LogP contribution in [-0.2, 0) is 11.3 Å². The second kappa shape index (κ2) is 4.87. The Hall–Kier alpha value is -0.450. The van der Waals surface area contributed by atoms with Crippen molar-refractivity contribution in [3.63, 3.8) is 0 Å². The van der Waals surface area contributed by atoms with Gasteiger partial charge in [-0.1, -0.05) is 0 Å². The van der Waals surface area contributed by atoms with Crippen molar-refractivity contribution in [1.29, 1.82) is 0 Å². The lowest BCUT2D eigenvalue weighted by Crippen LogP contribution is -2.36. The summed E-state index contributed by atoms with van der Waals surface area (Å²) >= 11 is 1.72. The van der Waals surface area contributed by atoms with Crippen molar-refractivity contribution in [2.45, 2.75) is 32.4 Å². The van der Waals surface area contributed by atoms with Crippen LogP contribution in [0.2, 0.25) is 0 Å². The maximum absolute atomic E-state index is 5.41. The van der Waals surface area contributed by atoms with Crippen LogP contribution >= 0.6 is 11.3 Å². The Kier molecular flexibility index (Phi) is 3.50. The van der Waals surface area contributed by atoms with Gasteiger partial charge >= 0.3 is 0 Å². The van der Waals surface area contributed by atoms with Crippen LogP contribution in [0.25, 0.3) is 0 Å².